The van der Waals surface area contributed by atoms with Crippen LogP contribution in [0.2, 0.25) is 0 Å². The van der Waals surface area contributed by atoms with Crippen LogP contribution in [0.4, 0.5) is 5.82 Å². The van der Waals surface area contributed by atoms with E-state index >= 15 is 0 Å². The summed E-state index contributed by atoms with van der Waals surface area (Å²) in [6.45, 7) is 5.45. The van der Waals surface area contributed by atoms with Gasteiger partial charge < -0.3 is 10.7 Å². The maximum atomic E-state index is 12.4. The number of nitrogens with one attached hydrogen (secondary N) is 2. The van der Waals surface area contributed by atoms with Crippen LogP contribution >= 0.6 is 0 Å². The van der Waals surface area contributed by atoms with Crippen molar-refractivity contribution in [2.75, 3.05) is 5.75 Å². The molecule has 1 aromatic carbocycles. The Morgan fingerprint density at radius 3 is 2.65 bits per heavy atom. The lowest BCUT2D eigenvalue weighted by molar-refractivity contribution is 0.590. The largest absolute Gasteiger partial charge is 0.383 e. The SMILES string of the molecule is CCS(=O)(=O)n1ccc2ccc(C(N)=NC(=Nc3cc(C)[nH]n3)c3cc(C)c[nH]3)cc21. The Balaban J connectivity index is 1.81. The number of nitrogens with two attached hydrogens (primary N) is 1. The Morgan fingerprint density at radius 1 is 1.19 bits per heavy atom. The number of nitrogens with zero attached hydrogens (tertiary/aromatic N) is 4. The number of benzene rings is 1. The van der Waals surface area contributed by atoms with Gasteiger partial charge >= 0.3 is 0 Å². The fraction of sp³-hybridized carbons (Fsp3) is 0.190. The minimum absolute atomic E-state index is 0.00333. The molecule has 3 aromatic heterocycles. The van der Waals surface area contributed by atoms with Crippen molar-refractivity contribution in [1.29, 1.82) is 0 Å². The van der Waals surface area contributed by atoms with Crippen LogP contribution in [0, 0.1) is 13.8 Å². The Labute approximate surface area is 179 Å². The van der Waals surface area contributed by atoms with Crippen molar-refractivity contribution in [2.24, 2.45) is 15.7 Å². The van der Waals surface area contributed by atoms with Crippen molar-refractivity contribution >= 4 is 38.4 Å². The number of fused-ring (bicyclic) bond motifs is 1. The standard InChI is InChI=1S/C21H23N7O2S/c1-4-31(29,30)28-8-7-15-5-6-16(11-18(15)28)20(22)25-21(17-9-13(2)12-23-17)24-19-10-14(3)26-27-19/h5-12,23H,4H2,1-3H3,(H3,22,24,25,26,27). The Kier molecular flexibility index (Phi) is 5.24. The molecule has 0 atom stereocenters. The maximum Gasteiger partial charge on any atom is 0.238 e. The van der Waals surface area contributed by atoms with Crippen molar-refractivity contribution < 1.29 is 8.42 Å². The molecule has 0 amide bonds. The van der Waals surface area contributed by atoms with E-state index in [4.69, 9.17) is 5.73 Å². The Bertz CT molecular complexity index is 1420. The van der Waals surface area contributed by atoms with Gasteiger partial charge in [0.05, 0.1) is 17.0 Å². The number of aromatic nitrogens is 4. The lowest BCUT2D eigenvalue weighted by Gasteiger charge is -2.07. The van der Waals surface area contributed by atoms with Gasteiger partial charge in [-0.15, -0.1) is 0 Å². The molecule has 0 saturated heterocycles. The quantitative estimate of drug-likeness (QED) is 0.327. The highest BCUT2D eigenvalue weighted by molar-refractivity contribution is 7.90. The summed E-state index contributed by atoms with van der Waals surface area (Å²) in [5.41, 5.74) is 10.1. The number of aromatic amines is 2. The van der Waals surface area contributed by atoms with E-state index in [0.717, 1.165) is 16.6 Å². The summed E-state index contributed by atoms with van der Waals surface area (Å²) in [5.74, 6) is 1.06. The summed E-state index contributed by atoms with van der Waals surface area (Å²) in [6, 6.07) is 10.8. The summed E-state index contributed by atoms with van der Waals surface area (Å²) >= 11 is 0. The molecular formula is C21H23N7O2S. The van der Waals surface area contributed by atoms with Gasteiger partial charge in [0.15, 0.2) is 11.7 Å². The zero-order valence-corrected chi connectivity index (χ0v) is 18.2. The zero-order chi connectivity index (χ0) is 22.2. The summed E-state index contributed by atoms with van der Waals surface area (Å²) in [5, 5.41) is 7.80. The average Bonchev–Trinajstić information content (AvgIpc) is 3.46. The third-order valence-corrected chi connectivity index (χ3v) is 6.47. The maximum absolute atomic E-state index is 12.4. The summed E-state index contributed by atoms with van der Waals surface area (Å²) in [7, 11) is -3.43. The van der Waals surface area contributed by atoms with Crippen molar-refractivity contribution in [3.05, 3.63) is 71.3 Å². The van der Waals surface area contributed by atoms with E-state index in [2.05, 4.69) is 25.2 Å². The second kappa shape index (κ2) is 7.88. The molecular weight excluding hydrogens is 414 g/mol. The molecule has 0 unspecified atom stereocenters. The number of aliphatic imine (C=N–C) groups is 2. The average molecular weight is 438 g/mol. The molecule has 0 spiro atoms. The number of amidine groups is 2. The first kappa shape index (κ1) is 20.6. The van der Waals surface area contributed by atoms with E-state index in [-0.39, 0.29) is 11.6 Å². The van der Waals surface area contributed by atoms with Crippen LogP contribution in [-0.2, 0) is 10.0 Å². The van der Waals surface area contributed by atoms with E-state index in [9.17, 15) is 8.42 Å². The van der Waals surface area contributed by atoms with Crippen molar-refractivity contribution in [3.63, 3.8) is 0 Å². The van der Waals surface area contributed by atoms with Crippen LogP contribution < -0.4 is 5.73 Å². The third-order valence-electron chi connectivity index (χ3n) is 4.83. The molecule has 0 aliphatic heterocycles. The predicted molar refractivity (Wildman–Crippen MR) is 123 cm³/mol. The van der Waals surface area contributed by atoms with Crippen molar-refractivity contribution in [3.8, 4) is 0 Å². The smallest absolute Gasteiger partial charge is 0.238 e. The zero-order valence-electron chi connectivity index (χ0n) is 17.4. The number of H-pyrrole nitrogens is 2. The molecule has 0 saturated carbocycles. The van der Waals surface area contributed by atoms with Crippen LogP contribution in [0.25, 0.3) is 10.9 Å². The molecule has 4 rings (SSSR count). The van der Waals surface area contributed by atoms with Gasteiger partial charge in [0, 0.05) is 35.1 Å². The second-order valence-corrected chi connectivity index (χ2v) is 9.35. The molecule has 4 N–H and O–H groups in total. The Morgan fingerprint density at radius 2 is 2.00 bits per heavy atom. The second-order valence-electron chi connectivity index (χ2n) is 7.22. The fourth-order valence-corrected chi connectivity index (χ4v) is 4.15. The molecule has 10 heteroatoms. The fourth-order valence-electron chi connectivity index (χ4n) is 3.17. The van der Waals surface area contributed by atoms with Gasteiger partial charge in [-0.25, -0.2) is 22.4 Å². The molecule has 0 bridgehead atoms. The highest BCUT2D eigenvalue weighted by Gasteiger charge is 2.15. The summed E-state index contributed by atoms with van der Waals surface area (Å²) in [4.78, 5) is 12.2. The van der Waals surface area contributed by atoms with Gasteiger partial charge in [-0.3, -0.25) is 5.10 Å². The first-order valence-corrected chi connectivity index (χ1v) is 11.3. The van der Waals surface area contributed by atoms with Crippen LogP contribution in [0.15, 0.2) is 58.8 Å². The third kappa shape index (κ3) is 4.15. The molecule has 9 nitrogen and oxygen atoms in total. The highest BCUT2D eigenvalue weighted by Crippen LogP contribution is 2.20. The summed E-state index contributed by atoms with van der Waals surface area (Å²) in [6.07, 6.45) is 3.40. The number of hydrogen-bond acceptors (Lipinski definition) is 4. The lowest BCUT2D eigenvalue weighted by atomic mass is 10.1. The number of rotatable bonds is 5. The van der Waals surface area contributed by atoms with Crippen molar-refractivity contribution in [1.82, 2.24) is 19.2 Å². The van der Waals surface area contributed by atoms with Crippen LogP contribution in [0.5, 0.6) is 0 Å². The van der Waals surface area contributed by atoms with Gasteiger partial charge in [0.2, 0.25) is 10.0 Å². The molecule has 0 fully saturated rings. The Hall–Kier alpha value is -3.66. The van der Waals surface area contributed by atoms with E-state index in [1.165, 1.54) is 3.97 Å². The number of aryl methyl sites for hydroxylation is 2. The molecule has 160 valence electrons. The minimum Gasteiger partial charge on any atom is -0.383 e. The van der Waals surface area contributed by atoms with Crippen LogP contribution in [-0.4, -0.2) is 45.0 Å². The molecule has 31 heavy (non-hydrogen) atoms. The van der Waals surface area contributed by atoms with E-state index in [1.807, 2.05) is 32.2 Å². The van der Waals surface area contributed by atoms with Crippen LogP contribution in [0.1, 0.15) is 29.4 Å². The topological polar surface area (TPSA) is 134 Å². The molecule has 0 radical (unpaired) electrons. The molecule has 0 aliphatic rings. The molecule has 0 aliphatic carbocycles. The normalized spacial score (nSPS) is 13.3. The van der Waals surface area contributed by atoms with Gasteiger partial charge in [-0.05, 0) is 44.5 Å². The first-order valence-electron chi connectivity index (χ1n) is 9.72. The van der Waals surface area contributed by atoms with Crippen molar-refractivity contribution in [2.45, 2.75) is 20.8 Å². The van der Waals surface area contributed by atoms with Gasteiger partial charge in [0.1, 0.15) is 5.84 Å². The lowest BCUT2D eigenvalue weighted by Crippen LogP contribution is -2.17. The van der Waals surface area contributed by atoms with E-state index in [0.29, 0.717) is 28.4 Å². The first-order chi connectivity index (χ1) is 14.8. The van der Waals surface area contributed by atoms with Gasteiger partial charge in [-0.1, -0.05) is 12.1 Å². The van der Waals surface area contributed by atoms with E-state index in [1.54, 1.807) is 37.4 Å². The number of hydrogen-bond donors (Lipinski definition) is 3. The van der Waals surface area contributed by atoms with E-state index < -0.39 is 10.0 Å². The summed E-state index contributed by atoms with van der Waals surface area (Å²) < 4.78 is 26.1. The highest BCUT2D eigenvalue weighted by atomic mass is 32.2. The monoisotopic (exact) mass is 437 g/mol. The van der Waals surface area contributed by atoms with Crippen LogP contribution in [0.3, 0.4) is 0 Å². The van der Waals surface area contributed by atoms with Gasteiger partial charge in [0.25, 0.3) is 0 Å². The molecule has 3 heterocycles. The molecule has 4 aromatic rings. The minimum atomic E-state index is -3.43. The van der Waals surface area contributed by atoms with Gasteiger partial charge in [-0.2, -0.15) is 5.10 Å². The predicted octanol–water partition coefficient (Wildman–Crippen LogP) is 2.99.